The Bertz CT molecular complexity index is 672. The Balaban J connectivity index is 2.54. The molecule has 1 aliphatic rings. The Morgan fingerprint density at radius 3 is 2.36 bits per heavy atom. The topological polar surface area (TPSA) is 46.6 Å². The van der Waals surface area contributed by atoms with Crippen LogP contribution in [0.3, 0.4) is 0 Å². The van der Waals surface area contributed by atoms with Gasteiger partial charge in [0.25, 0.3) is 5.91 Å². The highest BCUT2D eigenvalue weighted by atomic mass is 35.5. The lowest BCUT2D eigenvalue weighted by Gasteiger charge is -2.22. The normalized spacial score (nSPS) is 16.9. The molecule has 0 saturated heterocycles. The first-order valence-corrected chi connectivity index (χ1v) is 7.35. The summed E-state index contributed by atoms with van der Waals surface area (Å²) >= 11 is 5.87. The van der Waals surface area contributed by atoms with Crippen molar-refractivity contribution in [3.8, 4) is 0 Å². The van der Waals surface area contributed by atoms with E-state index in [1.807, 2.05) is 13.8 Å². The van der Waals surface area contributed by atoms with Crippen LogP contribution in [-0.2, 0) is 14.3 Å². The average Bonchev–Trinajstić information content (AvgIpc) is 2.71. The number of nitrogens with zero attached hydrogens (tertiary/aromatic N) is 1. The van der Waals surface area contributed by atoms with Crippen LogP contribution in [0.4, 0.5) is 0 Å². The molecule has 22 heavy (non-hydrogen) atoms. The minimum Gasteiger partial charge on any atom is -0.465 e. The van der Waals surface area contributed by atoms with Crippen molar-refractivity contribution >= 4 is 29.6 Å². The number of hydrogen-bond acceptors (Lipinski definition) is 3. The quantitative estimate of drug-likeness (QED) is 0.633. The molecule has 1 aromatic carbocycles. The van der Waals surface area contributed by atoms with Gasteiger partial charge in [-0.3, -0.25) is 4.79 Å². The number of carbonyl (C=O) groups is 2. The van der Waals surface area contributed by atoms with Crippen molar-refractivity contribution in [1.82, 2.24) is 4.90 Å². The van der Waals surface area contributed by atoms with Crippen molar-refractivity contribution in [3.05, 3.63) is 51.7 Å². The van der Waals surface area contributed by atoms with E-state index in [4.69, 9.17) is 16.3 Å². The number of allylic oxidation sites excluding steroid dienone is 1. The van der Waals surface area contributed by atoms with E-state index < -0.39 is 5.97 Å². The maximum absolute atomic E-state index is 12.6. The Hall–Kier alpha value is -2.07. The molecule has 1 aliphatic heterocycles. The summed E-state index contributed by atoms with van der Waals surface area (Å²) in [5, 5.41) is 0.614. The van der Waals surface area contributed by atoms with Crippen LogP contribution in [-0.4, -0.2) is 29.9 Å². The van der Waals surface area contributed by atoms with Gasteiger partial charge in [0.15, 0.2) is 0 Å². The van der Waals surface area contributed by atoms with Crippen LogP contribution in [0.5, 0.6) is 0 Å². The smallest absolute Gasteiger partial charge is 0.340 e. The van der Waals surface area contributed by atoms with E-state index in [0.717, 1.165) is 5.56 Å². The van der Waals surface area contributed by atoms with Gasteiger partial charge in [-0.2, -0.15) is 0 Å². The van der Waals surface area contributed by atoms with Crippen molar-refractivity contribution < 1.29 is 14.3 Å². The maximum atomic E-state index is 12.6. The highest BCUT2D eigenvalue weighted by Crippen LogP contribution is 2.33. The SMILES string of the molecule is COC(=O)C1=C(C)N(C(C)C)C(=O)/C1=C\c1ccc(Cl)cc1. The van der Waals surface area contributed by atoms with Crippen molar-refractivity contribution in [2.45, 2.75) is 26.8 Å². The number of amides is 1. The molecule has 0 saturated carbocycles. The number of rotatable bonds is 3. The summed E-state index contributed by atoms with van der Waals surface area (Å²) in [4.78, 5) is 26.3. The molecular formula is C17H18ClNO3. The van der Waals surface area contributed by atoms with Crippen LogP contribution in [0, 0.1) is 0 Å². The molecule has 0 fully saturated rings. The number of methoxy groups -OCH3 is 1. The summed E-state index contributed by atoms with van der Waals surface area (Å²) in [5.74, 6) is -0.697. The van der Waals surface area contributed by atoms with E-state index in [-0.39, 0.29) is 11.9 Å². The molecule has 1 amide bonds. The molecule has 2 rings (SSSR count). The molecule has 0 unspecified atom stereocenters. The van der Waals surface area contributed by atoms with Crippen LogP contribution >= 0.6 is 11.6 Å². The third kappa shape index (κ3) is 2.92. The molecule has 1 aromatic rings. The van der Waals surface area contributed by atoms with E-state index in [9.17, 15) is 9.59 Å². The Labute approximate surface area is 135 Å². The predicted octanol–water partition coefficient (Wildman–Crippen LogP) is 3.42. The lowest BCUT2D eigenvalue weighted by Crippen LogP contribution is -2.31. The van der Waals surface area contributed by atoms with Gasteiger partial charge in [0.05, 0.1) is 18.3 Å². The lowest BCUT2D eigenvalue weighted by molar-refractivity contribution is -0.136. The van der Waals surface area contributed by atoms with Gasteiger partial charge < -0.3 is 9.64 Å². The Kier molecular flexibility index (Phi) is 4.71. The highest BCUT2D eigenvalue weighted by molar-refractivity contribution is 6.30. The van der Waals surface area contributed by atoms with Gasteiger partial charge in [0.1, 0.15) is 0 Å². The first-order chi connectivity index (χ1) is 10.4. The fourth-order valence-corrected chi connectivity index (χ4v) is 2.67. The van der Waals surface area contributed by atoms with Crippen LogP contribution in [0.25, 0.3) is 6.08 Å². The second-order valence-electron chi connectivity index (χ2n) is 5.33. The standard InChI is InChI=1S/C17H18ClNO3/c1-10(2)19-11(3)15(17(21)22-4)14(16(19)20)9-12-5-7-13(18)8-6-12/h5-10H,1-4H3/b14-9-. The predicted molar refractivity (Wildman–Crippen MR) is 86.1 cm³/mol. The molecular weight excluding hydrogens is 302 g/mol. The second kappa shape index (κ2) is 6.36. The molecule has 116 valence electrons. The van der Waals surface area contributed by atoms with E-state index >= 15 is 0 Å². The van der Waals surface area contributed by atoms with E-state index in [1.54, 1.807) is 42.2 Å². The Morgan fingerprint density at radius 1 is 1.27 bits per heavy atom. The van der Waals surface area contributed by atoms with Crippen molar-refractivity contribution in [3.63, 3.8) is 0 Å². The van der Waals surface area contributed by atoms with E-state index in [0.29, 0.717) is 21.9 Å². The number of halogens is 1. The van der Waals surface area contributed by atoms with Crippen LogP contribution < -0.4 is 0 Å². The molecule has 0 bridgehead atoms. The maximum Gasteiger partial charge on any atom is 0.340 e. The molecule has 4 nitrogen and oxygen atoms in total. The number of hydrogen-bond donors (Lipinski definition) is 0. The zero-order valence-electron chi connectivity index (χ0n) is 13.0. The van der Waals surface area contributed by atoms with Crippen LogP contribution in [0.1, 0.15) is 26.3 Å². The third-order valence-electron chi connectivity index (χ3n) is 3.53. The number of benzene rings is 1. The zero-order chi connectivity index (χ0) is 16.4. The molecule has 0 aromatic heterocycles. The summed E-state index contributed by atoms with van der Waals surface area (Å²) in [6.07, 6.45) is 1.69. The molecule has 0 radical (unpaired) electrons. The second-order valence-corrected chi connectivity index (χ2v) is 5.77. The highest BCUT2D eigenvalue weighted by Gasteiger charge is 2.38. The van der Waals surface area contributed by atoms with Crippen LogP contribution in [0.15, 0.2) is 41.1 Å². The summed E-state index contributed by atoms with van der Waals surface area (Å²) in [7, 11) is 1.31. The summed E-state index contributed by atoms with van der Waals surface area (Å²) in [6, 6.07) is 7.03. The number of ether oxygens (including phenoxy) is 1. The molecule has 0 N–H and O–H groups in total. The summed E-state index contributed by atoms with van der Waals surface area (Å²) in [6.45, 7) is 5.57. The summed E-state index contributed by atoms with van der Waals surface area (Å²) < 4.78 is 4.83. The molecule has 5 heteroatoms. The fourth-order valence-electron chi connectivity index (χ4n) is 2.55. The molecule has 1 heterocycles. The van der Waals surface area contributed by atoms with Crippen molar-refractivity contribution in [1.29, 1.82) is 0 Å². The number of carbonyl (C=O) groups excluding carboxylic acids is 2. The number of esters is 1. The molecule has 0 atom stereocenters. The fraction of sp³-hybridized carbons (Fsp3) is 0.294. The van der Waals surface area contributed by atoms with Gasteiger partial charge in [0.2, 0.25) is 0 Å². The van der Waals surface area contributed by atoms with Crippen LogP contribution in [0.2, 0.25) is 5.02 Å². The monoisotopic (exact) mass is 319 g/mol. The van der Waals surface area contributed by atoms with Gasteiger partial charge in [-0.1, -0.05) is 23.7 Å². The van der Waals surface area contributed by atoms with Gasteiger partial charge in [0, 0.05) is 16.8 Å². The summed E-state index contributed by atoms with van der Waals surface area (Å²) in [5.41, 5.74) is 2.08. The minimum atomic E-state index is -0.505. The zero-order valence-corrected chi connectivity index (χ0v) is 13.8. The first-order valence-electron chi connectivity index (χ1n) is 6.97. The molecule has 0 aliphatic carbocycles. The van der Waals surface area contributed by atoms with Gasteiger partial charge in [-0.25, -0.2) is 4.79 Å². The van der Waals surface area contributed by atoms with Gasteiger partial charge in [-0.05, 0) is 44.5 Å². The first kappa shape index (κ1) is 16.3. The van der Waals surface area contributed by atoms with Crippen molar-refractivity contribution in [2.24, 2.45) is 0 Å². The van der Waals surface area contributed by atoms with E-state index in [2.05, 4.69) is 0 Å². The lowest BCUT2D eigenvalue weighted by atomic mass is 10.0. The largest absolute Gasteiger partial charge is 0.465 e. The Morgan fingerprint density at radius 2 is 1.86 bits per heavy atom. The molecule has 0 spiro atoms. The van der Waals surface area contributed by atoms with Gasteiger partial charge in [-0.15, -0.1) is 0 Å². The van der Waals surface area contributed by atoms with Gasteiger partial charge >= 0.3 is 5.97 Å². The van der Waals surface area contributed by atoms with E-state index in [1.165, 1.54) is 7.11 Å². The minimum absolute atomic E-state index is 0.0386. The third-order valence-corrected chi connectivity index (χ3v) is 3.78. The average molecular weight is 320 g/mol. The van der Waals surface area contributed by atoms with Crippen molar-refractivity contribution in [2.75, 3.05) is 7.11 Å².